The molecule has 0 saturated heterocycles. The van der Waals surface area contributed by atoms with Crippen molar-refractivity contribution in [3.8, 4) is 11.1 Å². The lowest BCUT2D eigenvalue weighted by Crippen LogP contribution is -2.39. The number of carbonyl (C=O) groups is 1. The molecule has 1 unspecified atom stereocenters. The van der Waals surface area contributed by atoms with Crippen LogP contribution in [-0.2, 0) is 14.7 Å². The van der Waals surface area contributed by atoms with Gasteiger partial charge in [0.15, 0.2) is 0 Å². The molecule has 2 nitrogen and oxygen atoms in total. The molecule has 0 amide bonds. The van der Waals surface area contributed by atoms with Crippen molar-refractivity contribution < 1.29 is 9.32 Å². The van der Waals surface area contributed by atoms with Gasteiger partial charge in [-0.15, -0.1) is 0 Å². The standard InChI is InChI=1S/C27H23O2P/c1-20-16-18-21(19-17-20)24-14-8-9-15-25(24)27(26(28)29-30,22-10-4-2-5-11-22)23-12-6-3-7-13-23/h2-19H,30H2,1H3. The molecular weight excluding hydrogens is 387 g/mol. The Kier molecular flexibility index (Phi) is 5.79. The average Bonchev–Trinajstić information content (AvgIpc) is 2.82. The first-order valence-corrected chi connectivity index (χ1v) is 10.3. The fraction of sp³-hybridized carbons (Fsp3) is 0.0741. The Morgan fingerprint density at radius 1 is 0.700 bits per heavy atom. The van der Waals surface area contributed by atoms with Gasteiger partial charge >= 0.3 is 5.97 Å². The van der Waals surface area contributed by atoms with E-state index in [-0.39, 0.29) is 5.97 Å². The van der Waals surface area contributed by atoms with Crippen molar-refractivity contribution in [2.45, 2.75) is 12.3 Å². The second-order valence-electron chi connectivity index (χ2n) is 7.30. The topological polar surface area (TPSA) is 26.3 Å². The van der Waals surface area contributed by atoms with Gasteiger partial charge in [0.05, 0.1) is 9.47 Å². The molecule has 4 aromatic carbocycles. The van der Waals surface area contributed by atoms with E-state index in [1.54, 1.807) is 0 Å². The van der Waals surface area contributed by atoms with Crippen LogP contribution in [-0.4, -0.2) is 5.97 Å². The maximum atomic E-state index is 13.6. The maximum absolute atomic E-state index is 13.6. The Balaban J connectivity index is 2.10. The fourth-order valence-electron chi connectivity index (χ4n) is 4.08. The second kappa shape index (κ2) is 8.65. The minimum Gasteiger partial charge on any atom is -0.450 e. The quantitative estimate of drug-likeness (QED) is 0.284. The van der Waals surface area contributed by atoms with Gasteiger partial charge in [-0.05, 0) is 34.7 Å². The summed E-state index contributed by atoms with van der Waals surface area (Å²) < 4.78 is 5.37. The first-order valence-electron chi connectivity index (χ1n) is 9.86. The van der Waals surface area contributed by atoms with E-state index in [4.69, 9.17) is 4.52 Å². The zero-order chi connectivity index (χ0) is 21.0. The van der Waals surface area contributed by atoms with E-state index in [1.807, 2.05) is 78.9 Å². The van der Waals surface area contributed by atoms with Crippen LogP contribution in [0.25, 0.3) is 11.1 Å². The molecular formula is C27H23O2P. The smallest absolute Gasteiger partial charge is 0.327 e. The molecule has 0 aliphatic carbocycles. The summed E-state index contributed by atoms with van der Waals surface area (Å²) in [5.41, 5.74) is 4.76. The number of carbonyl (C=O) groups excluding carboxylic acids is 1. The van der Waals surface area contributed by atoms with Gasteiger partial charge in [-0.2, -0.15) is 0 Å². The average molecular weight is 410 g/mol. The van der Waals surface area contributed by atoms with Gasteiger partial charge in [0, 0.05) is 0 Å². The van der Waals surface area contributed by atoms with Crippen molar-refractivity contribution in [1.82, 2.24) is 0 Å². The van der Waals surface area contributed by atoms with E-state index in [1.165, 1.54) is 5.56 Å². The first kappa shape index (κ1) is 20.1. The molecule has 0 aromatic heterocycles. The molecule has 1 atom stereocenters. The molecule has 0 fully saturated rings. The van der Waals surface area contributed by atoms with E-state index in [0.717, 1.165) is 27.8 Å². The van der Waals surface area contributed by atoms with Crippen LogP contribution >= 0.6 is 9.47 Å². The summed E-state index contributed by atoms with van der Waals surface area (Å²) in [6.07, 6.45) is 0. The monoisotopic (exact) mass is 410 g/mol. The molecule has 0 saturated carbocycles. The van der Waals surface area contributed by atoms with E-state index in [2.05, 4.69) is 46.7 Å². The third-order valence-electron chi connectivity index (χ3n) is 5.52. The van der Waals surface area contributed by atoms with Crippen molar-refractivity contribution in [1.29, 1.82) is 0 Å². The third-order valence-corrected chi connectivity index (χ3v) is 5.73. The minimum atomic E-state index is -1.11. The lowest BCUT2D eigenvalue weighted by atomic mass is 9.67. The van der Waals surface area contributed by atoms with Crippen molar-refractivity contribution in [2.24, 2.45) is 0 Å². The summed E-state index contributed by atoms with van der Waals surface area (Å²) in [5, 5.41) is 0. The number of benzene rings is 4. The van der Waals surface area contributed by atoms with Crippen LogP contribution in [0.2, 0.25) is 0 Å². The van der Waals surface area contributed by atoms with Gasteiger partial charge in [-0.25, -0.2) is 0 Å². The Labute approximate surface area is 179 Å². The molecule has 0 radical (unpaired) electrons. The van der Waals surface area contributed by atoms with Gasteiger partial charge in [0.2, 0.25) is 0 Å². The number of hydrogen-bond donors (Lipinski definition) is 0. The molecule has 30 heavy (non-hydrogen) atoms. The van der Waals surface area contributed by atoms with Crippen molar-refractivity contribution in [3.63, 3.8) is 0 Å². The molecule has 0 spiro atoms. The minimum absolute atomic E-state index is 0.343. The summed E-state index contributed by atoms with van der Waals surface area (Å²) in [7, 11) is 2.13. The van der Waals surface area contributed by atoms with Gasteiger partial charge in [-0.3, -0.25) is 4.79 Å². The van der Waals surface area contributed by atoms with Gasteiger partial charge in [0.1, 0.15) is 5.41 Å². The first-order chi connectivity index (χ1) is 14.7. The molecule has 0 heterocycles. The van der Waals surface area contributed by atoms with Gasteiger partial charge < -0.3 is 4.52 Å². The third kappa shape index (κ3) is 3.44. The van der Waals surface area contributed by atoms with E-state index in [9.17, 15) is 4.79 Å². The fourth-order valence-corrected chi connectivity index (χ4v) is 4.26. The Bertz CT molecular complexity index is 1100. The summed E-state index contributed by atoms with van der Waals surface area (Å²) in [6, 6.07) is 36.1. The summed E-state index contributed by atoms with van der Waals surface area (Å²) in [5.74, 6) is -0.343. The highest BCUT2D eigenvalue weighted by Gasteiger charge is 2.46. The van der Waals surface area contributed by atoms with Crippen LogP contribution in [0.15, 0.2) is 109 Å². The molecule has 0 N–H and O–H groups in total. The molecule has 148 valence electrons. The van der Waals surface area contributed by atoms with Crippen LogP contribution < -0.4 is 0 Å². The number of aryl methyl sites for hydroxylation is 1. The normalized spacial score (nSPS) is 11.1. The highest BCUT2D eigenvalue weighted by atomic mass is 31.0. The van der Waals surface area contributed by atoms with Crippen LogP contribution in [0.1, 0.15) is 22.3 Å². The van der Waals surface area contributed by atoms with Crippen molar-refractivity contribution >= 4 is 15.4 Å². The van der Waals surface area contributed by atoms with Gasteiger partial charge in [0.25, 0.3) is 0 Å². The SMILES string of the molecule is Cc1ccc(-c2ccccc2C(C(=O)OP)(c2ccccc2)c2ccccc2)cc1. The molecule has 0 aliphatic heterocycles. The maximum Gasteiger partial charge on any atom is 0.327 e. The van der Waals surface area contributed by atoms with Crippen LogP contribution in [0.4, 0.5) is 0 Å². The lowest BCUT2D eigenvalue weighted by molar-refractivity contribution is -0.136. The summed E-state index contributed by atoms with van der Waals surface area (Å²) in [6.45, 7) is 2.07. The Morgan fingerprint density at radius 3 is 1.73 bits per heavy atom. The van der Waals surface area contributed by atoms with E-state index >= 15 is 0 Å². The molecule has 0 bridgehead atoms. The van der Waals surface area contributed by atoms with Crippen LogP contribution in [0.5, 0.6) is 0 Å². The molecule has 3 heteroatoms. The predicted octanol–water partition coefficient (Wildman–Crippen LogP) is 6.33. The van der Waals surface area contributed by atoms with Gasteiger partial charge in [-0.1, -0.05) is 115 Å². The zero-order valence-corrected chi connectivity index (χ0v) is 17.9. The van der Waals surface area contributed by atoms with Crippen LogP contribution in [0, 0.1) is 6.92 Å². The highest BCUT2D eigenvalue weighted by Crippen LogP contribution is 2.45. The second-order valence-corrected chi connectivity index (χ2v) is 7.53. The molecule has 0 aliphatic rings. The van der Waals surface area contributed by atoms with Crippen LogP contribution in [0.3, 0.4) is 0 Å². The number of hydrogen-bond acceptors (Lipinski definition) is 2. The molecule has 4 aromatic rings. The lowest BCUT2D eigenvalue weighted by Gasteiger charge is -2.34. The Hall–Kier alpha value is -3.22. The molecule has 4 rings (SSSR count). The van der Waals surface area contributed by atoms with E-state index < -0.39 is 5.41 Å². The number of rotatable bonds is 5. The summed E-state index contributed by atoms with van der Waals surface area (Å²) in [4.78, 5) is 13.6. The predicted molar refractivity (Wildman–Crippen MR) is 125 cm³/mol. The van der Waals surface area contributed by atoms with Crippen molar-refractivity contribution in [2.75, 3.05) is 0 Å². The highest BCUT2D eigenvalue weighted by molar-refractivity contribution is 7.10. The van der Waals surface area contributed by atoms with Crippen molar-refractivity contribution in [3.05, 3.63) is 131 Å². The van der Waals surface area contributed by atoms with E-state index in [0.29, 0.717) is 0 Å². The zero-order valence-electron chi connectivity index (χ0n) is 16.8. The summed E-state index contributed by atoms with van der Waals surface area (Å²) >= 11 is 0. The largest absolute Gasteiger partial charge is 0.450 e. The Morgan fingerprint density at radius 2 is 1.20 bits per heavy atom.